The number of imidazole rings is 1. The molecule has 3 rings (SSSR count). The zero-order valence-electron chi connectivity index (χ0n) is 14.8. The first-order valence-electron chi connectivity index (χ1n) is 7.83. The molecule has 3 unspecified atom stereocenters. The van der Waals surface area contributed by atoms with Gasteiger partial charge in [-0.2, -0.15) is 8.42 Å². The van der Waals surface area contributed by atoms with Crippen LogP contribution < -0.4 is 5.73 Å². The maximum atomic E-state index is 11.6. The molecule has 1 saturated heterocycles. The molecule has 1 aliphatic heterocycles. The summed E-state index contributed by atoms with van der Waals surface area (Å²) in [5, 5.41) is 10.5. The van der Waals surface area contributed by atoms with Gasteiger partial charge in [0.05, 0.1) is 12.9 Å². The van der Waals surface area contributed by atoms with Crippen molar-refractivity contribution in [2.45, 2.75) is 24.5 Å². The standard InChI is InChI=1S/C10H15N5O13P2S/c11-8-5-9(13-2-12-8)15(3-14-5)10-6(16)7(27-29(17,18)19)4(26-10)1-25-30(20,21)28-31(22,23)24/h2-4,6-7,10,16H,1H2,(H,20,21)(H2,11,12,13)(H2,17,18,19)(H,22,23,24)/t4?,6-,7-,10?/m1/s1. The highest BCUT2D eigenvalue weighted by atomic mass is 32.3. The number of fused-ring (bicyclic) bond motifs is 1. The number of hydrogen-bond acceptors (Lipinski definition) is 13. The molecule has 0 aromatic carbocycles. The quantitative estimate of drug-likeness (QED) is 0.168. The molecule has 0 spiro atoms. The van der Waals surface area contributed by atoms with Gasteiger partial charge in [-0.1, -0.05) is 0 Å². The number of rotatable bonds is 8. The molecule has 0 saturated carbocycles. The fraction of sp³-hybridized carbons (Fsp3) is 0.500. The molecule has 1 fully saturated rings. The number of hydrogen-bond donors (Lipinski definition) is 6. The Bertz CT molecular complexity index is 1170. The maximum Gasteiger partial charge on any atom is 0.488 e. The van der Waals surface area contributed by atoms with Crippen molar-refractivity contribution in [2.24, 2.45) is 0 Å². The van der Waals surface area contributed by atoms with Gasteiger partial charge in [-0.15, -0.1) is 3.97 Å². The third-order valence-corrected chi connectivity index (χ3v) is 6.32. The van der Waals surface area contributed by atoms with Crippen molar-refractivity contribution in [3.63, 3.8) is 0 Å². The van der Waals surface area contributed by atoms with E-state index in [9.17, 15) is 27.5 Å². The van der Waals surface area contributed by atoms with Crippen molar-refractivity contribution >= 4 is 43.0 Å². The Morgan fingerprint density at radius 2 is 1.90 bits per heavy atom. The lowest BCUT2D eigenvalue weighted by Crippen LogP contribution is -2.35. The van der Waals surface area contributed by atoms with Gasteiger partial charge in [0.15, 0.2) is 17.7 Å². The minimum Gasteiger partial charge on any atom is -0.386 e. The van der Waals surface area contributed by atoms with Gasteiger partial charge in [0.2, 0.25) is 0 Å². The maximum absolute atomic E-state index is 11.6. The number of ether oxygens (including phenoxy) is 1. The van der Waals surface area contributed by atoms with Gasteiger partial charge in [0.1, 0.15) is 30.2 Å². The molecule has 3 heterocycles. The lowest BCUT2D eigenvalue weighted by atomic mass is 10.1. The first kappa shape index (κ1) is 24.1. The summed E-state index contributed by atoms with van der Waals surface area (Å²) in [4.78, 5) is 39.1. The zero-order valence-corrected chi connectivity index (χ0v) is 17.4. The highest BCUT2D eigenvalue weighted by molar-refractivity contribution is 7.85. The summed E-state index contributed by atoms with van der Waals surface area (Å²) in [7, 11) is -16.0. The monoisotopic (exact) mass is 507 g/mol. The van der Waals surface area contributed by atoms with E-state index >= 15 is 0 Å². The number of nitrogens with zero attached hydrogens (tertiary/aromatic N) is 4. The number of aliphatic hydroxyl groups excluding tert-OH is 1. The summed E-state index contributed by atoms with van der Waals surface area (Å²) < 4.78 is 71.5. The predicted molar refractivity (Wildman–Crippen MR) is 95.0 cm³/mol. The predicted octanol–water partition coefficient (Wildman–Crippen LogP) is -1.92. The topological polar surface area (TPSA) is 276 Å². The van der Waals surface area contributed by atoms with Crippen LogP contribution >= 0.6 is 15.6 Å². The second-order valence-corrected chi connectivity index (χ2v) is 9.80. The minimum absolute atomic E-state index is 0.0114. The van der Waals surface area contributed by atoms with Crippen molar-refractivity contribution in [1.82, 2.24) is 19.5 Å². The number of nitrogen functional groups attached to an aromatic ring is 1. The van der Waals surface area contributed by atoms with E-state index in [1.807, 2.05) is 0 Å². The summed E-state index contributed by atoms with van der Waals surface area (Å²) in [5.74, 6) is -0.0114. The van der Waals surface area contributed by atoms with Crippen LogP contribution in [0.25, 0.3) is 11.2 Å². The summed E-state index contributed by atoms with van der Waals surface area (Å²) in [5.41, 5.74) is 5.85. The highest BCUT2D eigenvalue weighted by Crippen LogP contribution is 2.48. The second-order valence-electron chi connectivity index (χ2n) is 5.97. The van der Waals surface area contributed by atoms with E-state index in [0.29, 0.717) is 0 Å². The summed E-state index contributed by atoms with van der Waals surface area (Å²) in [6.45, 7) is -1.06. The number of nitrogens with two attached hydrogens (primary N) is 1. The van der Waals surface area contributed by atoms with Gasteiger partial charge in [-0.25, -0.2) is 24.1 Å². The third kappa shape index (κ3) is 5.80. The molecule has 2 aromatic heterocycles. The minimum atomic E-state index is -5.39. The van der Waals surface area contributed by atoms with Crippen LogP contribution in [0.4, 0.5) is 5.82 Å². The van der Waals surface area contributed by atoms with Gasteiger partial charge < -0.3 is 30.3 Å². The van der Waals surface area contributed by atoms with Crippen LogP contribution in [0, 0.1) is 0 Å². The van der Waals surface area contributed by atoms with Crippen LogP contribution in [0.5, 0.6) is 0 Å². The Balaban J connectivity index is 1.88. The van der Waals surface area contributed by atoms with E-state index in [0.717, 1.165) is 17.2 Å². The Kier molecular flexibility index (Phi) is 6.51. The zero-order chi connectivity index (χ0) is 23.2. The molecule has 0 bridgehead atoms. The van der Waals surface area contributed by atoms with Crippen LogP contribution in [-0.2, 0) is 37.3 Å². The highest BCUT2D eigenvalue weighted by Gasteiger charge is 2.49. The Labute approximate surface area is 172 Å². The third-order valence-electron chi connectivity index (χ3n) is 3.82. The van der Waals surface area contributed by atoms with E-state index < -0.39 is 57.2 Å². The first-order chi connectivity index (χ1) is 14.2. The second kappa shape index (κ2) is 8.39. The van der Waals surface area contributed by atoms with Crippen molar-refractivity contribution in [1.29, 1.82) is 0 Å². The van der Waals surface area contributed by atoms with Crippen molar-refractivity contribution in [2.75, 3.05) is 12.3 Å². The summed E-state index contributed by atoms with van der Waals surface area (Å²) in [6, 6.07) is 0. The average Bonchev–Trinajstić information content (AvgIpc) is 3.13. The molecule has 0 amide bonds. The van der Waals surface area contributed by atoms with E-state index in [-0.39, 0.29) is 17.0 Å². The van der Waals surface area contributed by atoms with Crippen LogP contribution in [0.1, 0.15) is 6.23 Å². The number of anilines is 1. The molecule has 1 aliphatic rings. The van der Waals surface area contributed by atoms with Gasteiger partial charge in [0, 0.05) is 0 Å². The molecule has 21 heteroatoms. The summed E-state index contributed by atoms with van der Waals surface area (Å²) >= 11 is 0. The molecular weight excluding hydrogens is 492 g/mol. The van der Waals surface area contributed by atoms with E-state index in [4.69, 9.17) is 24.8 Å². The van der Waals surface area contributed by atoms with Crippen molar-refractivity contribution in [3.8, 4) is 0 Å². The smallest absolute Gasteiger partial charge is 0.386 e. The molecule has 5 atom stereocenters. The molecule has 7 N–H and O–H groups in total. The Morgan fingerprint density at radius 3 is 2.52 bits per heavy atom. The van der Waals surface area contributed by atoms with E-state index in [2.05, 4.69) is 28.0 Å². The number of phosphoric acid groups is 2. The fourth-order valence-corrected chi connectivity index (χ4v) is 4.77. The molecular formula is C10H15N5O13P2S. The Hall–Kier alpha value is -1.60. The number of aliphatic hydroxyl groups is 1. The average molecular weight is 507 g/mol. The normalized spacial score (nSPS) is 26.9. The molecule has 2 aromatic rings. The van der Waals surface area contributed by atoms with Gasteiger partial charge in [-0.05, 0) is 0 Å². The number of aromatic nitrogens is 4. The molecule has 31 heavy (non-hydrogen) atoms. The van der Waals surface area contributed by atoms with Crippen molar-refractivity contribution in [3.05, 3.63) is 12.7 Å². The lowest BCUT2D eigenvalue weighted by Gasteiger charge is -2.21. The van der Waals surface area contributed by atoms with Crippen LogP contribution in [0.3, 0.4) is 0 Å². The fourth-order valence-electron chi connectivity index (χ4n) is 2.74. The van der Waals surface area contributed by atoms with Gasteiger partial charge >= 0.3 is 26.0 Å². The first-order valence-corrected chi connectivity index (χ1v) is 12.2. The Morgan fingerprint density at radius 1 is 1.23 bits per heavy atom. The molecule has 0 radical (unpaired) electrons. The number of phosphoric ester groups is 2. The van der Waals surface area contributed by atoms with E-state index in [1.54, 1.807) is 0 Å². The van der Waals surface area contributed by atoms with Crippen LogP contribution in [0.15, 0.2) is 12.7 Å². The van der Waals surface area contributed by atoms with E-state index in [1.165, 1.54) is 0 Å². The van der Waals surface area contributed by atoms with Gasteiger partial charge in [-0.3, -0.25) is 18.2 Å². The van der Waals surface area contributed by atoms with Crippen molar-refractivity contribution < 1.29 is 59.6 Å². The molecule has 174 valence electrons. The molecule has 0 aliphatic carbocycles. The molecule has 18 nitrogen and oxygen atoms in total. The van der Waals surface area contributed by atoms with Crippen LogP contribution in [-0.4, -0.2) is 77.2 Å². The van der Waals surface area contributed by atoms with Gasteiger partial charge in [0.25, 0.3) is 0 Å². The summed E-state index contributed by atoms with van der Waals surface area (Å²) in [6.07, 6.45) is -4.54. The SMILES string of the molecule is Nc1ncnc2c1ncn2C1OC(COP(=O)(O)OS(=O)(=O)O)[C@@H](OP(=O)(O)O)[C@H]1O. The lowest BCUT2D eigenvalue weighted by molar-refractivity contribution is -0.0499. The van der Waals surface area contributed by atoms with Crippen LogP contribution in [0.2, 0.25) is 0 Å². The largest absolute Gasteiger partial charge is 0.488 e.